The second-order valence-electron chi connectivity index (χ2n) is 6.93. The van der Waals surface area contributed by atoms with Crippen LogP contribution in [-0.4, -0.2) is 38.2 Å². The molecule has 0 aliphatic rings. The molecule has 29 heavy (non-hydrogen) atoms. The Morgan fingerprint density at radius 1 is 0.931 bits per heavy atom. The van der Waals surface area contributed by atoms with Crippen molar-refractivity contribution >= 4 is 11.9 Å². The highest BCUT2D eigenvalue weighted by molar-refractivity contribution is 5.84. The monoisotopic (exact) mass is 399 g/mol. The molecule has 0 aliphatic heterocycles. The highest BCUT2D eigenvalue weighted by Crippen LogP contribution is 2.27. The minimum absolute atomic E-state index is 0.0188. The van der Waals surface area contributed by atoms with Gasteiger partial charge in [0.2, 0.25) is 0 Å². The summed E-state index contributed by atoms with van der Waals surface area (Å²) in [5.41, 5.74) is 1.94. The summed E-state index contributed by atoms with van der Waals surface area (Å²) in [6.45, 7) is 3.52. The molecule has 1 N–H and O–H groups in total. The molecule has 156 valence electrons. The quantitative estimate of drug-likeness (QED) is 0.621. The van der Waals surface area contributed by atoms with Gasteiger partial charge in [-0.25, -0.2) is 0 Å². The number of hydrogen-bond acceptors (Lipinski definition) is 5. The molecule has 2 atom stereocenters. The summed E-state index contributed by atoms with van der Waals surface area (Å²) in [6.07, 6.45) is 0.862. The highest BCUT2D eigenvalue weighted by Gasteiger charge is 2.20. The number of carbonyl (C=O) groups excluding carboxylic acids is 2. The standard InChI is InChI=1S/C23H29NO5/c1-16(10-11-18-8-6-5-7-9-18)24-23(26)17(2)29-22(25)15-19-12-13-20(27-3)21(14-19)28-4/h5-9,12-14,16-17H,10-11,15H2,1-4H3,(H,24,26)/t16-,17-/m1/s1. The predicted molar refractivity (Wildman–Crippen MR) is 111 cm³/mol. The van der Waals surface area contributed by atoms with Crippen LogP contribution in [0.4, 0.5) is 0 Å². The van der Waals surface area contributed by atoms with E-state index in [0.717, 1.165) is 18.4 Å². The van der Waals surface area contributed by atoms with Gasteiger partial charge in [-0.3, -0.25) is 9.59 Å². The Hall–Kier alpha value is -3.02. The van der Waals surface area contributed by atoms with E-state index in [4.69, 9.17) is 14.2 Å². The number of esters is 1. The van der Waals surface area contributed by atoms with E-state index in [1.807, 2.05) is 25.1 Å². The van der Waals surface area contributed by atoms with Crippen molar-refractivity contribution in [3.8, 4) is 11.5 Å². The zero-order chi connectivity index (χ0) is 21.2. The smallest absolute Gasteiger partial charge is 0.311 e. The van der Waals surface area contributed by atoms with Gasteiger partial charge in [-0.1, -0.05) is 36.4 Å². The molecule has 0 unspecified atom stereocenters. The minimum Gasteiger partial charge on any atom is -0.493 e. The van der Waals surface area contributed by atoms with Crippen LogP contribution in [-0.2, 0) is 27.2 Å². The van der Waals surface area contributed by atoms with Gasteiger partial charge >= 0.3 is 5.97 Å². The van der Waals surface area contributed by atoms with Gasteiger partial charge in [0.15, 0.2) is 17.6 Å². The second-order valence-corrected chi connectivity index (χ2v) is 6.93. The Morgan fingerprint density at radius 2 is 1.62 bits per heavy atom. The van der Waals surface area contributed by atoms with E-state index >= 15 is 0 Å². The summed E-state index contributed by atoms with van der Waals surface area (Å²) in [5, 5.41) is 2.90. The molecule has 0 radical (unpaired) electrons. The van der Waals surface area contributed by atoms with Crippen molar-refractivity contribution in [3.63, 3.8) is 0 Å². The van der Waals surface area contributed by atoms with Crippen LogP contribution in [0.5, 0.6) is 11.5 Å². The summed E-state index contributed by atoms with van der Waals surface area (Å²) in [7, 11) is 3.08. The second kappa shape index (κ2) is 11.1. The third-order valence-electron chi connectivity index (χ3n) is 4.57. The van der Waals surface area contributed by atoms with Gasteiger partial charge in [-0.15, -0.1) is 0 Å². The lowest BCUT2D eigenvalue weighted by atomic mass is 10.1. The first-order valence-corrected chi connectivity index (χ1v) is 9.67. The van der Waals surface area contributed by atoms with E-state index in [9.17, 15) is 9.59 Å². The third kappa shape index (κ3) is 7.14. The maximum absolute atomic E-state index is 12.3. The maximum atomic E-state index is 12.3. The molecule has 1 amide bonds. The summed E-state index contributed by atoms with van der Waals surface area (Å²) in [6, 6.07) is 15.3. The number of aryl methyl sites for hydroxylation is 1. The Kier molecular flexibility index (Phi) is 8.52. The molecule has 2 aromatic carbocycles. The van der Waals surface area contributed by atoms with E-state index in [1.165, 1.54) is 12.7 Å². The first kappa shape index (κ1) is 22.3. The first-order chi connectivity index (χ1) is 13.9. The SMILES string of the molecule is COc1ccc(CC(=O)O[C@H](C)C(=O)N[C@H](C)CCc2ccccc2)cc1OC. The van der Waals surface area contributed by atoms with Crippen LogP contribution in [0.2, 0.25) is 0 Å². The highest BCUT2D eigenvalue weighted by atomic mass is 16.5. The summed E-state index contributed by atoms with van der Waals surface area (Å²) < 4.78 is 15.7. The summed E-state index contributed by atoms with van der Waals surface area (Å²) >= 11 is 0. The van der Waals surface area contributed by atoms with Crippen molar-refractivity contribution in [1.29, 1.82) is 0 Å². The molecule has 0 fully saturated rings. The van der Waals surface area contributed by atoms with Crippen LogP contribution in [0.1, 0.15) is 31.4 Å². The minimum atomic E-state index is -0.859. The molecule has 2 rings (SSSR count). The van der Waals surface area contributed by atoms with Crippen molar-refractivity contribution < 1.29 is 23.8 Å². The third-order valence-corrected chi connectivity index (χ3v) is 4.57. The number of benzene rings is 2. The number of methoxy groups -OCH3 is 2. The molecule has 2 aromatic rings. The van der Waals surface area contributed by atoms with E-state index in [2.05, 4.69) is 17.4 Å². The number of nitrogens with one attached hydrogen (secondary N) is 1. The number of hydrogen-bond donors (Lipinski definition) is 1. The molecule has 0 saturated carbocycles. The van der Waals surface area contributed by atoms with Crippen molar-refractivity contribution in [2.75, 3.05) is 14.2 Å². The Labute approximate surface area is 172 Å². The van der Waals surface area contributed by atoms with E-state index in [1.54, 1.807) is 32.2 Å². The van der Waals surface area contributed by atoms with Gasteiger partial charge in [0.25, 0.3) is 5.91 Å². The summed E-state index contributed by atoms with van der Waals surface area (Å²) in [5.74, 6) is 0.348. The number of amides is 1. The number of rotatable bonds is 10. The van der Waals surface area contributed by atoms with Gasteiger partial charge in [-0.05, 0) is 49.9 Å². The van der Waals surface area contributed by atoms with Gasteiger partial charge in [0.05, 0.1) is 20.6 Å². The van der Waals surface area contributed by atoms with Gasteiger partial charge in [0.1, 0.15) is 0 Å². The molecule has 0 spiro atoms. The average molecular weight is 399 g/mol. The van der Waals surface area contributed by atoms with Crippen LogP contribution in [0, 0.1) is 0 Å². The van der Waals surface area contributed by atoms with E-state index in [-0.39, 0.29) is 18.4 Å². The topological polar surface area (TPSA) is 73.9 Å². The predicted octanol–water partition coefficient (Wildman–Crippen LogP) is 3.32. The molecule has 6 heteroatoms. The molecular weight excluding hydrogens is 370 g/mol. The van der Waals surface area contributed by atoms with Crippen molar-refractivity contribution in [2.24, 2.45) is 0 Å². The molecule has 0 aliphatic carbocycles. The first-order valence-electron chi connectivity index (χ1n) is 9.67. The maximum Gasteiger partial charge on any atom is 0.311 e. The van der Waals surface area contributed by atoms with Crippen LogP contribution < -0.4 is 14.8 Å². The Bertz CT molecular complexity index is 806. The van der Waals surface area contributed by atoms with Gasteiger partial charge in [0, 0.05) is 6.04 Å². The van der Waals surface area contributed by atoms with Crippen LogP contribution in [0.25, 0.3) is 0 Å². The van der Waals surface area contributed by atoms with Crippen LogP contribution in [0.3, 0.4) is 0 Å². The van der Waals surface area contributed by atoms with Crippen LogP contribution >= 0.6 is 0 Å². The fraction of sp³-hybridized carbons (Fsp3) is 0.391. The molecule has 0 aromatic heterocycles. The normalized spacial score (nSPS) is 12.6. The molecule has 6 nitrogen and oxygen atoms in total. The van der Waals surface area contributed by atoms with E-state index in [0.29, 0.717) is 11.5 Å². The molecular formula is C23H29NO5. The zero-order valence-electron chi connectivity index (χ0n) is 17.4. The van der Waals surface area contributed by atoms with E-state index < -0.39 is 12.1 Å². The molecule has 0 bridgehead atoms. The van der Waals surface area contributed by atoms with Crippen molar-refractivity contribution in [3.05, 3.63) is 59.7 Å². The zero-order valence-corrected chi connectivity index (χ0v) is 17.4. The Balaban J connectivity index is 1.80. The van der Waals surface area contributed by atoms with Gasteiger partial charge in [-0.2, -0.15) is 0 Å². The Morgan fingerprint density at radius 3 is 2.28 bits per heavy atom. The largest absolute Gasteiger partial charge is 0.493 e. The average Bonchev–Trinajstić information content (AvgIpc) is 2.72. The number of ether oxygens (including phenoxy) is 3. The lowest BCUT2D eigenvalue weighted by Gasteiger charge is -2.18. The molecule has 0 saturated heterocycles. The lowest BCUT2D eigenvalue weighted by Crippen LogP contribution is -2.41. The van der Waals surface area contributed by atoms with Crippen molar-refractivity contribution in [2.45, 2.75) is 45.3 Å². The summed E-state index contributed by atoms with van der Waals surface area (Å²) in [4.78, 5) is 24.5. The molecule has 0 heterocycles. The fourth-order valence-electron chi connectivity index (χ4n) is 2.91. The number of carbonyl (C=O) groups is 2. The van der Waals surface area contributed by atoms with Crippen molar-refractivity contribution in [1.82, 2.24) is 5.32 Å². The van der Waals surface area contributed by atoms with Gasteiger partial charge < -0.3 is 19.5 Å². The van der Waals surface area contributed by atoms with Crippen LogP contribution in [0.15, 0.2) is 48.5 Å². The lowest BCUT2D eigenvalue weighted by molar-refractivity contribution is -0.154. The fourth-order valence-corrected chi connectivity index (χ4v) is 2.91.